The standard InChI is InChI=1S/C19H18F2O3/c1-12-4-5-13(2)15(10-12)16(22)8-6-14-7-9-17(23-3)18(11-14)24-19(20)21/h4-11,19H,1-3H3/b8-6+. The number of rotatable bonds is 6. The Balaban J connectivity index is 2.25. The third kappa shape index (κ3) is 4.41. The average Bonchev–Trinajstić information content (AvgIpc) is 2.54. The number of ether oxygens (including phenoxy) is 2. The predicted molar refractivity (Wildman–Crippen MR) is 88.9 cm³/mol. The van der Waals surface area contributed by atoms with Crippen molar-refractivity contribution < 1.29 is 23.0 Å². The first-order chi connectivity index (χ1) is 11.4. The molecule has 0 unspecified atom stereocenters. The Morgan fingerprint density at radius 2 is 1.83 bits per heavy atom. The van der Waals surface area contributed by atoms with E-state index < -0.39 is 6.61 Å². The van der Waals surface area contributed by atoms with E-state index in [2.05, 4.69) is 4.74 Å². The van der Waals surface area contributed by atoms with Crippen LogP contribution in [0.4, 0.5) is 8.78 Å². The molecule has 0 fully saturated rings. The number of allylic oxidation sites excluding steroid dienone is 1. The number of carbonyl (C=O) groups is 1. The lowest BCUT2D eigenvalue weighted by atomic mass is 10.0. The summed E-state index contributed by atoms with van der Waals surface area (Å²) in [6, 6.07) is 10.2. The molecule has 0 aliphatic carbocycles. The quantitative estimate of drug-likeness (QED) is 0.562. The lowest BCUT2D eigenvalue weighted by Crippen LogP contribution is -2.03. The zero-order valence-electron chi connectivity index (χ0n) is 13.7. The van der Waals surface area contributed by atoms with E-state index in [9.17, 15) is 13.6 Å². The van der Waals surface area contributed by atoms with Gasteiger partial charge in [-0.2, -0.15) is 8.78 Å². The van der Waals surface area contributed by atoms with Crippen LogP contribution in [0.25, 0.3) is 6.08 Å². The SMILES string of the molecule is COc1ccc(/C=C/C(=O)c2cc(C)ccc2C)cc1OC(F)F. The molecule has 3 nitrogen and oxygen atoms in total. The highest BCUT2D eigenvalue weighted by molar-refractivity contribution is 6.07. The number of hydrogen-bond donors (Lipinski definition) is 0. The molecule has 0 amide bonds. The molecule has 2 rings (SSSR count). The van der Waals surface area contributed by atoms with Crippen molar-refractivity contribution >= 4 is 11.9 Å². The number of halogens is 2. The smallest absolute Gasteiger partial charge is 0.387 e. The molecule has 126 valence electrons. The molecule has 0 saturated heterocycles. The van der Waals surface area contributed by atoms with Crippen LogP contribution < -0.4 is 9.47 Å². The largest absolute Gasteiger partial charge is 0.493 e. The Morgan fingerprint density at radius 3 is 2.50 bits per heavy atom. The average molecular weight is 332 g/mol. The molecule has 0 aliphatic rings. The minimum absolute atomic E-state index is 0.0752. The van der Waals surface area contributed by atoms with Crippen LogP contribution in [0.3, 0.4) is 0 Å². The summed E-state index contributed by atoms with van der Waals surface area (Å²) in [7, 11) is 1.37. The highest BCUT2D eigenvalue weighted by Crippen LogP contribution is 2.30. The van der Waals surface area contributed by atoms with Crippen LogP contribution in [0.15, 0.2) is 42.5 Å². The normalized spacial score (nSPS) is 11.1. The number of methoxy groups -OCH3 is 1. The minimum Gasteiger partial charge on any atom is -0.493 e. The summed E-state index contributed by atoms with van der Waals surface area (Å²) in [5.74, 6) is -0.0227. The second kappa shape index (κ2) is 7.73. The van der Waals surface area contributed by atoms with E-state index in [1.165, 1.54) is 25.3 Å². The molecule has 0 atom stereocenters. The molecular weight excluding hydrogens is 314 g/mol. The third-order valence-electron chi connectivity index (χ3n) is 3.49. The topological polar surface area (TPSA) is 35.5 Å². The van der Waals surface area contributed by atoms with E-state index >= 15 is 0 Å². The number of benzene rings is 2. The number of alkyl halides is 2. The van der Waals surface area contributed by atoms with Crippen LogP contribution in [0, 0.1) is 13.8 Å². The van der Waals surface area contributed by atoms with E-state index in [4.69, 9.17) is 4.74 Å². The summed E-state index contributed by atoms with van der Waals surface area (Å²) >= 11 is 0. The molecule has 5 heteroatoms. The molecule has 0 N–H and O–H groups in total. The maximum atomic E-state index is 12.4. The van der Waals surface area contributed by atoms with Crippen LogP contribution in [-0.4, -0.2) is 19.5 Å². The number of aryl methyl sites for hydroxylation is 2. The molecule has 0 heterocycles. The van der Waals surface area contributed by atoms with E-state index in [0.29, 0.717) is 11.1 Å². The summed E-state index contributed by atoms with van der Waals surface area (Å²) in [5, 5.41) is 0. The molecule has 24 heavy (non-hydrogen) atoms. The van der Waals surface area contributed by atoms with Crippen molar-refractivity contribution in [2.75, 3.05) is 7.11 Å². The first kappa shape index (κ1) is 17.7. The maximum Gasteiger partial charge on any atom is 0.387 e. The lowest BCUT2D eigenvalue weighted by molar-refractivity contribution is -0.0512. The monoisotopic (exact) mass is 332 g/mol. The van der Waals surface area contributed by atoms with E-state index in [-0.39, 0.29) is 17.3 Å². The molecule has 0 spiro atoms. The predicted octanol–water partition coefficient (Wildman–Crippen LogP) is 4.81. The summed E-state index contributed by atoms with van der Waals surface area (Å²) in [5.41, 5.74) is 3.05. The second-order valence-corrected chi connectivity index (χ2v) is 5.30. The van der Waals surface area contributed by atoms with Crippen molar-refractivity contribution in [3.63, 3.8) is 0 Å². The number of carbonyl (C=O) groups excluding carboxylic acids is 1. The van der Waals surface area contributed by atoms with Gasteiger partial charge in [-0.15, -0.1) is 0 Å². The lowest BCUT2D eigenvalue weighted by Gasteiger charge is -2.10. The van der Waals surface area contributed by atoms with Gasteiger partial charge in [0.15, 0.2) is 17.3 Å². The molecule has 2 aromatic rings. The summed E-state index contributed by atoms with van der Waals surface area (Å²) in [4.78, 5) is 12.3. The molecular formula is C19H18F2O3. The van der Waals surface area contributed by atoms with Crippen molar-refractivity contribution in [1.29, 1.82) is 0 Å². The fraction of sp³-hybridized carbons (Fsp3) is 0.211. The molecule has 0 saturated carbocycles. The zero-order valence-corrected chi connectivity index (χ0v) is 13.7. The maximum absolute atomic E-state index is 12.4. The van der Waals surface area contributed by atoms with Gasteiger partial charge in [-0.05, 0) is 49.2 Å². The van der Waals surface area contributed by atoms with Gasteiger partial charge in [-0.1, -0.05) is 29.8 Å². The molecule has 0 bridgehead atoms. The highest BCUT2D eigenvalue weighted by Gasteiger charge is 2.11. The van der Waals surface area contributed by atoms with Gasteiger partial charge in [0, 0.05) is 5.56 Å². The van der Waals surface area contributed by atoms with Crippen LogP contribution in [0.5, 0.6) is 11.5 Å². The summed E-state index contributed by atoms with van der Waals surface area (Å²) in [6.07, 6.45) is 2.97. The molecule has 0 aromatic heterocycles. The summed E-state index contributed by atoms with van der Waals surface area (Å²) < 4.78 is 34.3. The van der Waals surface area contributed by atoms with Gasteiger partial charge in [-0.25, -0.2) is 0 Å². The Labute approximate surface area is 139 Å². The van der Waals surface area contributed by atoms with Crippen molar-refractivity contribution in [3.05, 3.63) is 64.7 Å². The van der Waals surface area contributed by atoms with Gasteiger partial charge >= 0.3 is 6.61 Å². The van der Waals surface area contributed by atoms with Crippen LogP contribution in [0.1, 0.15) is 27.0 Å². The van der Waals surface area contributed by atoms with Gasteiger partial charge in [-0.3, -0.25) is 4.79 Å². The van der Waals surface area contributed by atoms with Crippen molar-refractivity contribution in [2.45, 2.75) is 20.5 Å². The first-order valence-electron chi connectivity index (χ1n) is 7.33. The van der Waals surface area contributed by atoms with E-state index in [1.807, 2.05) is 32.0 Å². The number of hydrogen-bond acceptors (Lipinski definition) is 3. The van der Waals surface area contributed by atoms with Gasteiger partial charge in [0.25, 0.3) is 0 Å². The Kier molecular flexibility index (Phi) is 5.68. The Morgan fingerprint density at radius 1 is 1.08 bits per heavy atom. The Hall–Kier alpha value is -2.69. The van der Waals surface area contributed by atoms with E-state index in [0.717, 1.165) is 11.1 Å². The van der Waals surface area contributed by atoms with Gasteiger partial charge in [0.05, 0.1) is 7.11 Å². The Bertz CT molecular complexity index is 767. The summed E-state index contributed by atoms with van der Waals surface area (Å²) in [6.45, 7) is 0.828. The number of ketones is 1. The van der Waals surface area contributed by atoms with Gasteiger partial charge in [0.2, 0.25) is 0 Å². The van der Waals surface area contributed by atoms with Crippen molar-refractivity contribution in [1.82, 2.24) is 0 Å². The third-order valence-corrected chi connectivity index (χ3v) is 3.49. The van der Waals surface area contributed by atoms with Crippen LogP contribution in [-0.2, 0) is 0 Å². The fourth-order valence-electron chi connectivity index (χ4n) is 2.25. The van der Waals surface area contributed by atoms with Gasteiger partial charge in [0.1, 0.15) is 0 Å². The van der Waals surface area contributed by atoms with Crippen molar-refractivity contribution in [2.24, 2.45) is 0 Å². The molecule has 0 radical (unpaired) electrons. The molecule has 2 aromatic carbocycles. The van der Waals surface area contributed by atoms with E-state index in [1.54, 1.807) is 12.1 Å². The highest BCUT2D eigenvalue weighted by atomic mass is 19.3. The van der Waals surface area contributed by atoms with Crippen LogP contribution in [0.2, 0.25) is 0 Å². The van der Waals surface area contributed by atoms with Crippen molar-refractivity contribution in [3.8, 4) is 11.5 Å². The molecule has 0 aliphatic heterocycles. The van der Waals surface area contributed by atoms with Crippen LogP contribution >= 0.6 is 0 Å². The van der Waals surface area contributed by atoms with Gasteiger partial charge < -0.3 is 9.47 Å². The zero-order chi connectivity index (χ0) is 17.7. The second-order valence-electron chi connectivity index (χ2n) is 5.30. The minimum atomic E-state index is -2.95. The fourth-order valence-corrected chi connectivity index (χ4v) is 2.25. The first-order valence-corrected chi connectivity index (χ1v) is 7.33.